The van der Waals surface area contributed by atoms with Crippen molar-refractivity contribution < 1.29 is 28.3 Å². The van der Waals surface area contributed by atoms with Gasteiger partial charge < -0.3 is 19.2 Å². The molecule has 1 N–H and O–H groups in total. The van der Waals surface area contributed by atoms with Gasteiger partial charge in [0.05, 0.1) is 30.9 Å². The van der Waals surface area contributed by atoms with Crippen molar-refractivity contribution in [1.82, 2.24) is 0 Å². The Morgan fingerprint density at radius 3 is 1.92 bits per heavy atom. The quantitative estimate of drug-likeness (QED) is 0.832. The van der Waals surface area contributed by atoms with Crippen molar-refractivity contribution in [3.63, 3.8) is 0 Å². The summed E-state index contributed by atoms with van der Waals surface area (Å²) in [6, 6.07) is 5.22. The molecule has 0 fully saturated rings. The fourth-order valence-corrected chi connectivity index (χ4v) is 2.46. The summed E-state index contributed by atoms with van der Waals surface area (Å²) in [6.07, 6.45) is 0. The number of carbonyl (C=O) groups excluding carboxylic acids is 3. The van der Waals surface area contributed by atoms with Crippen LogP contribution in [0.25, 0.3) is 0 Å². The summed E-state index contributed by atoms with van der Waals surface area (Å²) >= 11 is 0. The van der Waals surface area contributed by atoms with Gasteiger partial charge in [-0.15, -0.1) is 0 Å². The van der Waals surface area contributed by atoms with Gasteiger partial charge in [-0.05, 0) is 37.6 Å². The average Bonchev–Trinajstić information content (AvgIpc) is 2.58. The van der Waals surface area contributed by atoms with Crippen LogP contribution < -0.4 is 10.9 Å². The van der Waals surface area contributed by atoms with Crippen molar-refractivity contribution in [2.24, 2.45) is 0 Å². The van der Waals surface area contributed by atoms with E-state index < -0.39 is 23.5 Å². The Hall–Kier alpha value is -3.42. The predicted molar refractivity (Wildman–Crippen MR) is 91.5 cm³/mol. The van der Waals surface area contributed by atoms with E-state index in [-0.39, 0.29) is 28.1 Å². The smallest absolute Gasteiger partial charge is 0.337 e. The van der Waals surface area contributed by atoms with Crippen molar-refractivity contribution in [2.45, 2.75) is 13.8 Å². The number of ether oxygens (including phenoxy) is 2. The van der Waals surface area contributed by atoms with Crippen molar-refractivity contribution in [2.75, 3.05) is 19.5 Å². The molecule has 1 amide bonds. The Balaban J connectivity index is 2.45. The topological polar surface area (TPSA) is 112 Å². The first-order chi connectivity index (χ1) is 12.3. The number of nitrogens with one attached hydrogen (secondary N) is 1. The van der Waals surface area contributed by atoms with E-state index >= 15 is 0 Å². The summed E-state index contributed by atoms with van der Waals surface area (Å²) in [5.41, 5.74) is 0.388. The normalized spacial score (nSPS) is 10.2. The number of anilines is 1. The van der Waals surface area contributed by atoms with E-state index in [2.05, 4.69) is 14.8 Å². The van der Waals surface area contributed by atoms with E-state index in [9.17, 15) is 19.2 Å². The maximum Gasteiger partial charge on any atom is 0.337 e. The van der Waals surface area contributed by atoms with Crippen LogP contribution in [-0.4, -0.2) is 32.1 Å². The first-order valence-electron chi connectivity index (χ1n) is 7.51. The number of hydrogen-bond donors (Lipinski definition) is 1. The molecular weight excluding hydrogens is 342 g/mol. The lowest BCUT2D eigenvalue weighted by molar-refractivity contribution is 0.0599. The highest BCUT2D eigenvalue weighted by molar-refractivity contribution is 6.07. The minimum absolute atomic E-state index is 0.0683. The molecule has 1 aromatic carbocycles. The van der Waals surface area contributed by atoms with E-state index in [4.69, 9.17) is 4.42 Å². The molecule has 2 rings (SSSR count). The summed E-state index contributed by atoms with van der Waals surface area (Å²) in [7, 11) is 2.40. The zero-order chi connectivity index (χ0) is 19.4. The Labute approximate surface area is 148 Å². The highest BCUT2D eigenvalue weighted by atomic mass is 16.5. The lowest BCUT2D eigenvalue weighted by atomic mass is 10.1. The van der Waals surface area contributed by atoms with Gasteiger partial charge >= 0.3 is 17.6 Å². The fourth-order valence-electron chi connectivity index (χ4n) is 2.46. The first-order valence-corrected chi connectivity index (χ1v) is 7.51. The Kier molecular flexibility index (Phi) is 5.56. The number of methoxy groups -OCH3 is 2. The monoisotopic (exact) mass is 359 g/mol. The van der Waals surface area contributed by atoms with Crippen LogP contribution in [-0.2, 0) is 9.47 Å². The third kappa shape index (κ3) is 3.97. The van der Waals surface area contributed by atoms with Crippen molar-refractivity contribution in [1.29, 1.82) is 0 Å². The Morgan fingerprint density at radius 1 is 0.923 bits per heavy atom. The number of esters is 2. The van der Waals surface area contributed by atoms with E-state index in [0.29, 0.717) is 5.56 Å². The molecule has 0 atom stereocenters. The van der Waals surface area contributed by atoms with Gasteiger partial charge in [0.1, 0.15) is 5.76 Å². The van der Waals surface area contributed by atoms with Crippen LogP contribution in [0, 0.1) is 13.8 Å². The van der Waals surface area contributed by atoms with Gasteiger partial charge in [-0.1, -0.05) is 0 Å². The van der Waals surface area contributed by atoms with E-state index in [1.54, 1.807) is 6.92 Å². The minimum Gasteiger partial charge on any atom is -0.465 e. The summed E-state index contributed by atoms with van der Waals surface area (Å²) in [5, 5.41) is 2.58. The van der Waals surface area contributed by atoms with Crippen molar-refractivity contribution in [3.05, 3.63) is 62.7 Å². The van der Waals surface area contributed by atoms with Crippen LogP contribution in [0.15, 0.2) is 33.5 Å². The maximum atomic E-state index is 12.6. The zero-order valence-electron chi connectivity index (χ0n) is 14.7. The number of rotatable bonds is 4. The van der Waals surface area contributed by atoms with Gasteiger partial charge in [-0.2, -0.15) is 0 Å². The van der Waals surface area contributed by atoms with Crippen molar-refractivity contribution >= 4 is 23.5 Å². The maximum absolute atomic E-state index is 12.6. The predicted octanol–water partition coefficient (Wildman–Crippen LogP) is 2.08. The van der Waals surface area contributed by atoms with E-state index in [0.717, 1.165) is 0 Å². The molecule has 136 valence electrons. The van der Waals surface area contributed by atoms with Gasteiger partial charge in [0.2, 0.25) is 0 Å². The standard InChI is InChI=1S/C18H17NO7/c1-9-5-14(20)26-10(2)15(9)16(21)19-13-7-11(17(22)24-3)6-12(8-13)18(23)25-4/h5-8H,1-4H3,(H,19,21). The average molecular weight is 359 g/mol. The van der Waals surface area contributed by atoms with Gasteiger partial charge in [0, 0.05) is 11.8 Å². The number of aryl methyl sites for hydroxylation is 2. The summed E-state index contributed by atoms with van der Waals surface area (Å²) < 4.78 is 14.2. The lowest BCUT2D eigenvalue weighted by Gasteiger charge is -2.11. The second-order valence-corrected chi connectivity index (χ2v) is 5.42. The van der Waals surface area contributed by atoms with Crippen LogP contribution in [0.2, 0.25) is 0 Å². The number of amides is 1. The van der Waals surface area contributed by atoms with Gasteiger partial charge in [0.15, 0.2) is 0 Å². The third-order valence-electron chi connectivity index (χ3n) is 3.59. The highest BCUT2D eigenvalue weighted by Gasteiger charge is 2.18. The van der Waals surface area contributed by atoms with E-state index in [1.807, 2.05) is 0 Å². The molecule has 26 heavy (non-hydrogen) atoms. The molecule has 0 bridgehead atoms. The molecule has 0 aliphatic heterocycles. The molecule has 0 saturated carbocycles. The zero-order valence-corrected chi connectivity index (χ0v) is 14.7. The van der Waals surface area contributed by atoms with E-state index in [1.165, 1.54) is 45.4 Å². The fraction of sp³-hybridized carbons (Fsp3) is 0.222. The largest absolute Gasteiger partial charge is 0.465 e. The second kappa shape index (κ2) is 7.64. The van der Waals surface area contributed by atoms with Crippen LogP contribution in [0.1, 0.15) is 42.4 Å². The molecule has 8 nitrogen and oxygen atoms in total. The van der Waals surface area contributed by atoms with Crippen LogP contribution >= 0.6 is 0 Å². The molecule has 2 aromatic rings. The first kappa shape index (κ1) is 18.9. The molecule has 0 aliphatic carbocycles. The molecule has 0 aliphatic rings. The van der Waals surface area contributed by atoms with Gasteiger partial charge in [-0.25, -0.2) is 14.4 Å². The summed E-state index contributed by atoms with van der Waals surface area (Å²) in [4.78, 5) is 47.5. The van der Waals surface area contributed by atoms with Crippen molar-refractivity contribution in [3.8, 4) is 0 Å². The molecule has 8 heteroatoms. The molecule has 0 saturated heterocycles. The SMILES string of the molecule is COC(=O)c1cc(NC(=O)c2c(C)cc(=O)oc2C)cc(C(=O)OC)c1. The second-order valence-electron chi connectivity index (χ2n) is 5.42. The summed E-state index contributed by atoms with van der Waals surface area (Å²) in [6.45, 7) is 3.09. The third-order valence-corrected chi connectivity index (χ3v) is 3.59. The molecule has 1 aromatic heterocycles. The molecular formula is C18H17NO7. The summed E-state index contributed by atoms with van der Waals surface area (Å²) in [5.74, 6) is -1.75. The molecule has 0 unspecified atom stereocenters. The van der Waals surface area contributed by atoms with Gasteiger partial charge in [0.25, 0.3) is 5.91 Å². The molecule has 1 heterocycles. The lowest BCUT2D eigenvalue weighted by Crippen LogP contribution is -2.18. The highest BCUT2D eigenvalue weighted by Crippen LogP contribution is 2.19. The van der Waals surface area contributed by atoms with Crippen LogP contribution in [0.4, 0.5) is 5.69 Å². The minimum atomic E-state index is -0.677. The molecule has 0 spiro atoms. The molecule has 0 radical (unpaired) electrons. The van der Waals surface area contributed by atoms with Crippen LogP contribution in [0.5, 0.6) is 0 Å². The number of hydrogen-bond acceptors (Lipinski definition) is 7. The Morgan fingerprint density at radius 2 is 1.46 bits per heavy atom. The number of benzene rings is 1. The Bertz CT molecular complexity index is 883. The van der Waals surface area contributed by atoms with Crippen LogP contribution in [0.3, 0.4) is 0 Å². The van der Waals surface area contributed by atoms with Gasteiger partial charge in [-0.3, -0.25) is 4.79 Å². The number of carbonyl (C=O) groups is 3.